The summed E-state index contributed by atoms with van der Waals surface area (Å²) in [5.41, 5.74) is 3.16. The first-order valence-corrected chi connectivity index (χ1v) is 9.20. The normalized spacial score (nSPS) is 16.4. The van der Waals surface area contributed by atoms with Crippen molar-refractivity contribution in [2.24, 2.45) is 0 Å². The van der Waals surface area contributed by atoms with Gasteiger partial charge in [-0.05, 0) is 41.6 Å². The molecule has 0 aliphatic carbocycles. The zero-order valence-corrected chi connectivity index (χ0v) is 15.5. The second kappa shape index (κ2) is 6.52. The lowest BCUT2D eigenvalue weighted by Gasteiger charge is -2.28. The minimum atomic E-state index is 0.0186. The Kier molecular flexibility index (Phi) is 4.22. The van der Waals surface area contributed by atoms with E-state index in [9.17, 15) is 4.79 Å². The van der Waals surface area contributed by atoms with Gasteiger partial charge >= 0.3 is 0 Å². The van der Waals surface area contributed by atoms with Crippen molar-refractivity contribution in [3.05, 3.63) is 70.2 Å². The second-order valence-electron chi connectivity index (χ2n) is 6.18. The molecule has 1 aliphatic rings. The Morgan fingerprint density at radius 1 is 1.12 bits per heavy atom. The monoisotopic (exact) mass is 395 g/mol. The maximum atomic E-state index is 12.4. The van der Waals surface area contributed by atoms with Crippen molar-refractivity contribution in [2.45, 2.75) is 19.3 Å². The van der Waals surface area contributed by atoms with Crippen LogP contribution < -0.4 is 10.1 Å². The van der Waals surface area contributed by atoms with Crippen LogP contribution in [0.15, 0.2) is 59.1 Å². The predicted molar refractivity (Wildman–Crippen MR) is 104 cm³/mol. The first-order valence-electron chi connectivity index (χ1n) is 8.41. The summed E-state index contributed by atoms with van der Waals surface area (Å²) >= 11 is 3.69. The smallest absolute Gasteiger partial charge is 0.225 e. The van der Waals surface area contributed by atoms with Crippen LogP contribution in [-0.4, -0.2) is 12.5 Å². The zero-order chi connectivity index (χ0) is 17.4. The number of anilines is 1. The van der Waals surface area contributed by atoms with Gasteiger partial charge in [-0.1, -0.05) is 52.3 Å². The molecule has 4 heteroatoms. The molecule has 25 heavy (non-hydrogen) atoms. The van der Waals surface area contributed by atoms with Crippen LogP contribution in [-0.2, 0) is 4.79 Å². The molecule has 0 unspecified atom stereocenters. The molecule has 4 rings (SSSR count). The molecule has 126 valence electrons. The highest BCUT2D eigenvalue weighted by Gasteiger charge is 2.28. The standard InChI is InChI=1S/C21H18BrNO2/c1-2-25-14-7-5-6-13(10-14)17-12-20(24)23-21-16-9-4-3-8-15(16)19(22)11-18(17)21/h3-11,17H,2,12H2,1H3,(H,23,24)/t17-/m0/s1. The summed E-state index contributed by atoms with van der Waals surface area (Å²) in [5.74, 6) is 0.907. The Labute approximate surface area is 155 Å². The molecule has 0 saturated heterocycles. The highest BCUT2D eigenvalue weighted by Crippen LogP contribution is 2.43. The van der Waals surface area contributed by atoms with Crippen molar-refractivity contribution >= 4 is 38.3 Å². The molecular weight excluding hydrogens is 378 g/mol. The van der Waals surface area contributed by atoms with Gasteiger partial charge in [0.1, 0.15) is 5.75 Å². The molecular formula is C21H18BrNO2. The number of rotatable bonds is 3. The van der Waals surface area contributed by atoms with Gasteiger partial charge in [0.2, 0.25) is 5.91 Å². The van der Waals surface area contributed by atoms with Crippen molar-refractivity contribution in [3.63, 3.8) is 0 Å². The summed E-state index contributed by atoms with van der Waals surface area (Å²) in [5, 5.41) is 5.24. The van der Waals surface area contributed by atoms with E-state index >= 15 is 0 Å². The van der Waals surface area contributed by atoms with E-state index in [1.807, 2.05) is 37.3 Å². The van der Waals surface area contributed by atoms with Gasteiger partial charge in [0.05, 0.1) is 12.3 Å². The third-order valence-corrected chi connectivity index (χ3v) is 5.28. The summed E-state index contributed by atoms with van der Waals surface area (Å²) < 4.78 is 6.68. The molecule has 0 saturated carbocycles. The molecule has 3 nitrogen and oxygen atoms in total. The molecule has 1 N–H and O–H groups in total. The van der Waals surface area contributed by atoms with Gasteiger partial charge in [-0.15, -0.1) is 0 Å². The van der Waals surface area contributed by atoms with Crippen LogP contribution in [0.1, 0.15) is 30.4 Å². The summed E-state index contributed by atoms with van der Waals surface area (Å²) in [6.07, 6.45) is 0.438. The highest BCUT2D eigenvalue weighted by molar-refractivity contribution is 9.10. The lowest BCUT2D eigenvalue weighted by Crippen LogP contribution is -2.23. The van der Waals surface area contributed by atoms with Crippen molar-refractivity contribution in [1.82, 2.24) is 0 Å². The van der Waals surface area contributed by atoms with Crippen molar-refractivity contribution < 1.29 is 9.53 Å². The van der Waals surface area contributed by atoms with Crippen LogP contribution in [0.25, 0.3) is 10.8 Å². The maximum Gasteiger partial charge on any atom is 0.225 e. The molecule has 1 atom stereocenters. The highest BCUT2D eigenvalue weighted by atomic mass is 79.9. The summed E-state index contributed by atoms with van der Waals surface area (Å²) in [6.45, 7) is 2.60. The van der Waals surface area contributed by atoms with Gasteiger partial charge in [0.25, 0.3) is 0 Å². The lowest BCUT2D eigenvalue weighted by atomic mass is 9.83. The number of amides is 1. The number of nitrogens with one attached hydrogen (secondary N) is 1. The van der Waals surface area contributed by atoms with Crippen LogP contribution in [0.3, 0.4) is 0 Å². The Morgan fingerprint density at radius 2 is 1.92 bits per heavy atom. The number of hydrogen-bond acceptors (Lipinski definition) is 2. The Hall–Kier alpha value is -2.33. The van der Waals surface area contributed by atoms with E-state index in [4.69, 9.17) is 4.74 Å². The second-order valence-corrected chi connectivity index (χ2v) is 7.03. The number of carbonyl (C=O) groups is 1. The van der Waals surface area contributed by atoms with Crippen LogP contribution in [0, 0.1) is 0 Å². The molecule has 3 aromatic carbocycles. The molecule has 0 bridgehead atoms. The Balaban J connectivity index is 1.90. The number of fused-ring (bicyclic) bond motifs is 3. The summed E-state index contributed by atoms with van der Waals surface area (Å²) in [6, 6.07) is 18.3. The van der Waals surface area contributed by atoms with Crippen LogP contribution >= 0.6 is 15.9 Å². The Bertz CT molecular complexity index is 967. The average molecular weight is 396 g/mol. The van der Waals surface area contributed by atoms with Crippen molar-refractivity contribution in [3.8, 4) is 5.75 Å². The van der Waals surface area contributed by atoms with Gasteiger partial charge in [-0.2, -0.15) is 0 Å². The number of carbonyl (C=O) groups excluding carboxylic acids is 1. The molecule has 0 aromatic heterocycles. The molecule has 1 heterocycles. The molecule has 0 radical (unpaired) electrons. The van der Waals surface area contributed by atoms with E-state index < -0.39 is 0 Å². The fourth-order valence-electron chi connectivity index (χ4n) is 3.54. The van der Waals surface area contributed by atoms with Gasteiger partial charge in [0.15, 0.2) is 0 Å². The number of ether oxygens (including phenoxy) is 1. The van der Waals surface area contributed by atoms with E-state index in [1.54, 1.807) is 0 Å². The quantitative estimate of drug-likeness (QED) is 0.637. The average Bonchev–Trinajstić information content (AvgIpc) is 2.63. The zero-order valence-electron chi connectivity index (χ0n) is 13.9. The molecule has 1 amide bonds. The third-order valence-electron chi connectivity index (χ3n) is 4.63. The van der Waals surface area contributed by atoms with Crippen LogP contribution in [0.4, 0.5) is 5.69 Å². The molecule has 0 spiro atoms. The lowest BCUT2D eigenvalue weighted by molar-refractivity contribution is -0.116. The summed E-state index contributed by atoms with van der Waals surface area (Å²) in [4.78, 5) is 12.4. The first kappa shape index (κ1) is 16.2. The van der Waals surface area contributed by atoms with E-state index in [2.05, 4.69) is 45.5 Å². The number of halogens is 1. The van der Waals surface area contributed by atoms with Crippen molar-refractivity contribution in [1.29, 1.82) is 0 Å². The third kappa shape index (κ3) is 2.91. The molecule has 1 aliphatic heterocycles. The van der Waals surface area contributed by atoms with Crippen molar-refractivity contribution in [2.75, 3.05) is 11.9 Å². The summed E-state index contributed by atoms with van der Waals surface area (Å²) in [7, 11) is 0. The van der Waals surface area contributed by atoms with E-state index in [0.29, 0.717) is 13.0 Å². The predicted octanol–water partition coefficient (Wildman–Crippen LogP) is 5.48. The van der Waals surface area contributed by atoms with Gasteiger partial charge in [-0.3, -0.25) is 4.79 Å². The first-order chi connectivity index (χ1) is 12.2. The van der Waals surface area contributed by atoms with Gasteiger partial charge < -0.3 is 10.1 Å². The van der Waals surface area contributed by atoms with Crippen LogP contribution in [0.5, 0.6) is 5.75 Å². The minimum absolute atomic E-state index is 0.0186. The van der Waals surface area contributed by atoms with E-state index in [0.717, 1.165) is 37.8 Å². The minimum Gasteiger partial charge on any atom is -0.494 e. The largest absolute Gasteiger partial charge is 0.494 e. The number of hydrogen-bond donors (Lipinski definition) is 1. The fraction of sp³-hybridized carbons (Fsp3) is 0.190. The number of benzene rings is 3. The molecule has 0 fully saturated rings. The maximum absolute atomic E-state index is 12.4. The van der Waals surface area contributed by atoms with Crippen LogP contribution in [0.2, 0.25) is 0 Å². The van der Waals surface area contributed by atoms with E-state index in [1.165, 1.54) is 0 Å². The topological polar surface area (TPSA) is 38.3 Å². The van der Waals surface area contributed by atoms with E-state index in [-0.39, 0.29) is 11.8 Å². The SMILES string of the molecule is CCOc1cccc([C@@H]2CC(=O)Nc3c2cc(Br)c2ccccc32)c1. The Morgan fingerprint density at radius 3 is 2.72 bits per heavy atom. The van der Waals surface area contributed by atoms with Gasteiger partial charge in [-0.25, -0.2) is 0 Å². The fourth-order valence-corrected chi connectivity index (χ4v) is 4.13. The van der Waals surface area contributed by atoms with Gasteiger partial charge in [0, 0.05) is 22.2 Å². The molecule has 3 aromatic rings.